The van der Waals surface area contributed by atoms with E-state index in [-0.39, 0.29) is 24.3 Å². The molecule has 0 aromatic carbocycles. The van der Waals surface area contributed by atoms with Crippen molar-refractivity contribution in [1.82, 2.24) is 0 Å². The van der Waals surface area contributed by atoms with E-state index in [9.17, 15) is 0 Å². The molecule has 5 nitrogen and oxygen atoms in total. The number of fused-ring (bicyclic) bond motifs is 1. The predicted molar refractivity (Wildman–Crippen MR) is 69.6 cm³/mol. The van der Waals surface area contributed by atoms with E-state index in [1.807, 2.05) is 19.9 Å². The van der Waals surface area contributed by atoms with Crippen LogP contribution in [0, 0.1) is 0 Å². The first-order valence-electron chi connectivity index (χ1n) is 7.61. The van der Waals surface area contributed by atoms with Gasteiger partial charge in [0.15, 0.2) is 11.6 Å². The molecule has 20 heavy (non-hydrogen) atoms. The van der Waals surface area contributed by atoms with Crippen LogP contribution in [0.2, 0.25) is 0 Å². The molecular weight excluding hydrogens is 260 g/mol. The minimum atomic E-state index is -0.574. The highest BCUT2D eigenvalue weighted by atomic mass is 16.8. The van der Waals surface area contributed by atoms with Crippen LogP contribution < -0.4 is 0 Å². The molecule has 4 rings (SSSR count). The van der Waals surface area contributed by atoms with Crippen molar-refractivity contribution < 1.29 is 23.7 Å². The minimum absolute atomic E-state index is 0.117. The van der Waals surface area contributed by atoms with Crippen molar-refractivity contribution in [3.8, 4) is 0 Å². The zero-order valence-corrected chi connectivity index (χ0v) is 12.1. The summed E-state index contributed by atoms with van der Waals surface area (Å²) in [4.78, 5) is 0. The molecule has 0 radical (unpaired) electrons. The topological polar surface area (TPSA) is 46.2 Å². The van der Waals surface area contributed by atoms with Crippen LogP contribution in [0.1, 0.15) is 46.0 Å². The summed E-state index contributed by atoms with van der Waals surface area (Å²) < 4.78 is 29.4. The van der Waals surface area contributed by atoms with Crippen molar-refractivity contribution in [3.63, 3.8) is 0 Å². The Bertz CT molecular complexity index is 424. The molecule has 0 N–H and O–H groups in total. The maximum absolute atomic E-state index is 6.16. The molecule has 2 saturated heterocycles. The summed E-state index contributed by atoms with van der Waals surface area (Å²) in [5.74, 6) is -0.140. The van der Waals surface area contributed by atoms with E-state index in [1.165, 1.54) is 19.3 Å². The Hall–Kier alpha value is -0.620. The highest BCUT2D eigenvalue weighted by molar-refractivity contribution is 5.14. The molecule has 1 spiro atoms. The van der Waals surface area contributed by atoms with Gasteiger partial charge in [0.25, 0.3) is 0 Å². The Kier molecular flexibility index (Phi) is 2.90. The molecule has 0 aromatic heterocycles. The van der Waals surface area contributed by atoms with E-state index >= 15 is 0 Å². The molecule has 3 fully saturated rings. The van der Waals surface area contributed by atoms with Gasteiger partial charge >= 0.3 is 0 Å². The van der Waals surface area contributed by atoms with Gasteiger partial charge in [-0.1, -0.05) is 6.42 Å². The van der Waals surface area contributed by atoms with Crippen molar-refractivity contribution >= 4 is 0 Å². The standard InChI is InChI=1S/C15H22O5/c1-14(2)18-11-8-10(17-13(11)20-14)12-9-16-15(19-12)6-4-3-5-7-15/h8,11-13H,3-7,9H2,1-2H3/t11-,12-,13-/m1/s1. The van der Waals surface area contributed by atoms with Gasteiger partial charge in [0, 0.05) is 12.8 Å². The first-order valence-corrected chi connectivity index (χ1v) is 7.61. The zero-order chi connectivity index (χ0) is 13.8. The molecule has 0 amide bonds. The second-order valence-electron chi connectivity index (χ2n) is 6.54. The Morgan fingerprint density at radius 3 is 2.60 bits per heavy atom. The minimum Gasteiger partial charge on any atom is -0.463 e. The van der Waals surface area contributed by atoms with E-state index < -0.39 is 5.79 Å². The maximum Gasteiger partial charge on any atom is 0.232 e. The molecule has 1 aliphatic carbocycles. The molecule has 1 saturated carbocycles. The van der Waals surface area contributed by atoms with E-state index in [1.54, 1.807) is 0 Å². The fraction of sp³-hybridized carbons (Fsp3) is 0.867. The predicted octanol–water partition coefficient (Wildman–Crippen LogP) is 2.45. The molecule has 3 aliphatic heterocycles. The van der Waals surface area contributed by atoms with Gasteiger partial charge in [-0.3, -0.25) is 0 Å². The summed E-state index contributed by atoms with van der Waals surface area (Å²) in [5.41, 5.74) is 0. The molecule has 5 heteroatoms. The zero-order valence-electron chi connectivity index (χ0n) is 12.1. The first kappa shape index (κ1) is 13.1. The summed E-state index contributed by atoms with van der Waals surface area (Å²) >= 11 is 0. The highest BCUT2D eigenvalue weighted by Gasteiger charge is 2.50. The third kappa shape index (κ3) is 2.17. The summed E-state index contributed by atoms with van der Waals surface area (Å²) in [6, 6.07) is 0. The Morgan fingerprint density at radius 2 is 1.85 bits per heavy atom. The fourth-order valence-corrected chi connectivity index (χ4v) is 3.53. The highest BCUT2D eigenvalue weighted by Crippen LogP contribution is 2.42. The van der Waals surface area contributed by atoms with Crippen LogP contribution in [0.4, 0.5) is 0 Å². The summed E-state index contributed by atoms with van der Waals surface area (Å²) in [7, 11) is 0. The van der Waals surface area contributed by atoms with Crippen LogP contribution in [0.15, 0.2) is 11.8 Å². The second-order valence-corrected chi connectivity index (χ2v) is 6.54. The number of ether oxygens (including phenoxy) is 5. The van der Waals surface area contributed by atoms with Gasteiger partial charge < -0.3 is 23.7 Å². The molecule has 0 bridgehead atoms. The Labute approximate surface area is 119 Å². The normalized spacial score (nSPS) is 41.5. The van der Waals surface area contributed by atoms with Gasteiger partial charge in [0.1, 0.15) is 18.0 Å². The van der Waals surface area contributed by atoms with Gasteiger partial charge in [0.05, 0.1) is 6.61 Å². The van der Waals surface area contributed by atoms with Crippen LogP contribution in [0.3, 0.4) is 0 Å². The van der Waals surface area contributed by atoms with Gasteiger partial charge in [0.2, 0.25) is 6.29 Å². The lowest BCUT2D eigenvalue weighted by Crippen LogP contribution is -2.33. The first-order chi connectivity index (χ1) is 9.55. The second kappa shape index (κ2) is 4.44. The molecular formula is C15H22O5. The van der Waals surface area contributed by atoms with Crippen LogP contribution in [-0.2, 0) is 23.7 Å². The summed E-state index contributed by atoms with van der Waals surface area (Å²) in [6.07, 6.45) is 7.00. The number of rotatable bonds is 1. The fourth-order valence-electron chi connectivity index (χ4n) is 3.53. The van der Waals surface area contributed by atoms with Gasteiger partial charge in [-0.15, -0.1) is 0 Å². The van der Waals surface area contributed by atoms with Crippen LogP contribution in [0.25, 0.3) is 0 Å². The van der Waals surface area contributed by atoms with Crippen molar-refractivity contribution in [2.75, 3.05) is 6.61 Å². The number of hydrogen-bond donors (Lipinski definition) is 0. The lowest BCUT2D eigenvalue weighted by atomic mass is 9.94. The van der Waals surface area contributed by atoms with Crippen molar-refractivity contribution in [2.45, 2.75) is 76.0 Å². The van der Waals surface area contributed by atoms with Crippen molar-refractivity contribution in [3.05, 3.63) is 11.8 Å². The molecule has 3 atom stereocenters. The molecule has 0 aromatic rings. The van der Waals surface area contributed by atoms with Crippen LogP contribution in [0.5, 0.6) is 0 Å². The van der Waals surface area contributed by atoms with Crippen LogP contribution >= 0.6 is 0 Å². The average molecular weight is 282 g/mol. The Balaban J connectivity index is 1.43. The summed E-state index contributed by atoms with van der Waals surface area (Å²) in [6.45, 7) is 4.36. The lowest BCUT2D eigenvalue weighted by molar-refractivity contribution is -0.199. The monoisotopic (exact) mass is 282 g/mol. The van der Waals surface area contributed by atoms with Gasteiger partial charge in [-0.2, -0.15) is 0 Å². The van der Waals surface area contributed by atoms with E-state index in [0.717, 1.165) is 18.6 Å². The van der Waals surface area contributed by atoms with Gasteiger partial charge in [-0.25, -0.2) is 0 Å². The number of hydrogen-bond acceptors (Lipinski definition) is 5. The smallest absolute Gasteiger partial charge is 0.232 e. The maximum atomic E-state index is 6.16. The third-order valence-electron chi connectivity index (χ3n) is 4.46. The lowest BCUT2D eigenvalue weighted by Gasteiger charge is -2.31. The quantitative estimate of drug-likeness (QED) is 0.739. The van der Waals surface area contributed by atoms with E-state index in [0.29, 0.717) is 6.61 Å². The SMILES string of the molecule is CC1(C)O[C@H]2OC([C@H]3COC4(CCCCC4)O3)=C[C@H]2O1. The molecule has 4 aliphatic rings. The Morgan fingerprint density at radius 1 is 1.05 bits per heavy atom. The van der Waals surface area contributed by atoms with E-state index in [4.69, 9.17) is 23.7 Å². The molecule has 3 heterocycles. The molecule has 0 unspecified atom stereocenters. The van der Waals surface area contributed by atoms with Gasteiger partial charge in [-0.05, 0) is 32.8 Å². The third-order valence-corrected chi connectivity index (χ3v) is 4.46. The largest absolute Gasteiger partial charge is 0.463 e. The van der Waals surface area contributed by atoms with E-state index in [2.05, 4.69) is 0 Å². The molecule has 112 valence electrons. The summed E-state index contributed by atoms with van der Waals surface area (Å²) in [5, 5.41) is 0. The average Bonchev–Trinajstić information content (AvgIpc) is 3.02. The van der Waals surface area contributed by atoms with Crippen LogP contribution in [-0.4, -0.2) is 36.7 Å². The van der Waals surface area contributed by atoms with Crippen molar-refractivity contribution in [2.24, 2.45) is 0 Å². The van der Waals surface area contributed by atoms with Crippen molar-refractivity contribution in [1.29, 1.82) is 0 Å².